The Morgan fingerprint density at radius 1 is 0.853 bits per heavy atom. The molecule has 0 bridgehead atoms. The van der Waals surface area contributed by atoms with Gasteiger partial charge in [0.2, 0.25) is 11.8 Å². The number of esters is 1. The van der Waals surface area contributed by atoms with Crippen LogP contribution in [0.4, 0.5) is 0 Å². The van der Waals surface area contributed by atoms with Crippen molar-refractivity contribution in [2.75, 3.05) is 6.61 Å². The first-order valence-corrected chi connectivity index (χ1v) is 10.7. The van der Waals surface area contributed by atoms with Crippen LogP contribution in [0, 0.1) is 0 Å². The highest BCUT2D eigenvalue weighted by Crippen LogP contribution is 2.28. The fourth-order valence-electron chi connectivity index (χ4n) is 3.36. The molecule has 0 saturated heterocycles. The van der Waals surface area contributed by atoms with Gasteiger partial charge in [0.05, 0.1) is 12.8 Å². The number of rotatable bonds is 12. The van der Waals surface area contributed by atoms with Crippen LogP contribution in [0.15, 0.2) is 60.7 Å². The Morgan fingerprint density at radius 2 is 1.38 bits per heavy atom. The minimum absolute atomic E-state index is 0.0309. The van der Waals surface area contributed by atoms with Crippen molar-refractivity contribution >= 4 is 29.5 Å². The maximum Gasteiger partial charge on any atom is 0.307 e. The number of amides is 2. The molecule has 3 N–H and O–H groups in total. The van der Waals surface area contributed by atoms with Gasteiger partial charge in [0.25, 0.3) is 0 Å². The third kappa shape index (κ3) is 8.50. The standard InChI is InChI=1S/C25H28N2O7/c1-16(26-17(2)28)25(33)27-21(14-23(30)31)22(29)15-34-24(32)13-20(18-9-5-3-6-10-18)19-11-7-4-8-12-19/h3-12,16,20-21H,13-15H2,1-2H3,(H,26,28)(H,27,33)(H,30,31). The summed E-state index contributed by atoms with van der Waals surface area (Å²) in [5, 5.41) is 13.7. The van der Waals surface area contributed by atoms with Crippen molar-refractivity contribution in [2.45, 2.75) is 44.7 Å². The van der Waals surface area contributed by atoms with Crippen molar-refractivity contribution in [3.05, 3.63) is 71.8 Å². The molecule has 0 aliphatic heterocycles. The van der Waals surface area contributed by atoms with E-state index in [1.807, 2.05) is 60.7 Å². The van der Waals surface area contributed by atoms with Crippen LogP contribution in [-0.4, -0.2) is 53.3 Å². The maximum atomic E-state index is 12.6. The summed E-state index contributed by atoms with van der Waals surface area (Å²) in [7, 11) is 0. The Morgan fingerprint density at radius 3 is 1.85 bits per heavy atom. The molecule has 0 radical (unpaired) electrons. The van der Waals surface area contributed by atoms with E-state index in [0.29, 0.717) is 0 Å². The lowest BCUT2D eigenvalue weighted by atomic mass is 9.89. The molecular weight excluding hydrogens is 440 g/mol. The number of carbonyl (C=O) groups excluding carboxylic acids is 4. The summed E-state index contributed by atoms with van der Waals surface area (Å²) >= 11 is 0. The molecule has 34 heavy (non-hydrogen) atoms. The minimum Gasteiger partial charge on any atom is -0.481 e. The van der Waals surface area contributed by atoms with E-state index < -0.39 is 54.6 Å². The van der Waals surface area contributed by atoms with Crippen molar-refractivity contribution in [3.63, 3.8) is 0 Å². The van der Waals surface area contributed by atoms with Gasteiger partial charge < -0.3 is 20.5 Å². The van der Waals surface area contributed by atoms with Crippen molar-refractivity contribution in [1.29, 1.82) is 0 Å². The first kappa shape index (κ1) is 26.2. The summed E-state index contributed by atoms with van der Waals surface area (Å²) in [6, 6.07) is 16.4. The van der Waals surface area contributed by atoms with Crippen LogP contribution in [0.3, 0.4) is 0 Å². The second-order valence-electron chi connectivity index (χ2n) is 7.79. The van der Waals surface area contributed by atoms with Gasteiger partial charge in [-0.25, -0.2) is 0 Å². The van der Waals surface area contributed by atoms with Gasteiger partial charge in [-0.2, -0.15) is 0 Å². The summed E-state index contributed by atoms with van der Waals surface area (Å²) in [4.78, 5) is 59.6. The van der Waals surface area contributed by atoms with Crippen LogP contribution >= 0.6 is 0 Å². The molecule has 2 amide bonds. The molecule has 0 spiro atoms. The molecule has 2 unspecified atom stereocenters. The zero-order valence-electron chi connectivity index (χ0n) is 19.0. The lowest BCUT2D eigenvalue weighted by Crippen LogP contribution is -2.51. The van der Waals surface area contributed by atoms with Crippen LogP contribution in [-0.2, 0) is 28.7 Å². The van der Waals surface area contributed by atoms with Crippen molar-refractivity contribution in [1.82, 2.24) is 10.6 Å². The molecule has 0 aromatic heterocycles. The number of nitrogens with one attached hydrogen (secondary N) is 2. The second-order valence-corrected chi connectivity index (χ2v) is 7.79. The Labute approximate surface area is 197 Å². The number of carboxylic acid groups (broad SMARTS) is 1. The average molecular weight is 469 g/mol. The lowest BCUT2D eigenvalue weighted by molar-refractivity contribution is -0.149. The van der Waals surface area contributed by atoms with Crippen LogP contribution in [0.2, 0.25) is 0 Å². The van der Waals surface area contributed by atoms with Gasteiger partial charge in [0.1, 0.15) is 12.1 Å². The van der Waals surface area contributed by atoms with E-state index in [1.165, 1.54) is 13.8 Å². The molecule has 0 aliphatic rings. The number of hydrogen-bond donors (Lipinski definition) is 3. The van der Waals surface area contributed by atoms with E-state index in [2.05, 4.69) is 10.6 Å². The normalized spacial score (nSPS) is 12.3. The molecule has 0 aliphatic carbocycles. The van der Waals surface area contributed by atoms with Crippen LogP contribution in [0.1, 0.15) is 43.7 Å². The van der Waals surface area contributed by atoms with E-state index in [-0.39, 0.29) is 12.3 Å². The van der Waals surface area contributed by atoms with Crippen molar-refractivity contribution < 1.29 is 33.8 Å². The maximum absolute atomic E-state index is 12.6. The molecule has 0 saturated carbocycles. The van der Waals surface area contributed by atoms with Gasteiger partial charge in [0.15, 0.2) is 12.4 Å². The summed E-state index contributed by atoms with van der Waals surface area (Å²) in [5.74, 6) is -4.20. The molecule has 2 aromatic rings. The van der Waals surface area contributed by atoms with E-state index in [9.17, 15) is 24.0 Å². The minimum atomic E-state index is -1.41. The highest BCUT2D eigenvalue weighted by atomic mass is 16.5. The SMILES string of the molecule is CC(=O)NC(C)C(=O)NC(CC(=O)O)C(=O)COC(=O)CC(c1ccccc1)c1ccccc1. The molecule has 0 heterocycles. The monoisotopic (exact) mass is 468 g/mol. The lowest BCUT2D eigenvalue weighted by Gasteiger charge is -2.20. The highest BCUT2D eigenvalue weighted by Gasteiger charge is 2.27. The molecular formula is C25H28N2O7. The van der Waals surface area contributed by atoms with E-state index in [4.69, 9.17) is 9.84 Å². The second kappa shape index (κ2) is 12.9. The largest absolute Gasteiger partial charge is 0.481 e. The van der Waals surface area contributed by atoms with E-state index in [0.717, 1.165) is 11.1 Å². The quantitative estimate of drug-likeness (QED) is 0.404. The number of ketones is 1. The Hall–Kier alpha value is -4.01. The number of ether oxygens (including phenoxy) is 1. The topological polar surface area (TPSA) is 139 Å². The fraction of sp³-hybridized carbons (Fsp3) is 0.320. The zero-order valence-corrected chi connectivity index (χ0v) is 19.0. The predicted octanol–water partition coefficient (Wildman–Crippen LogP) is 1.81. The van der Waals surface area contributed by atoms with Crippen molar-refractivity contribution in [3.8, 4) is 0 Å². The van der Waals surface area contributed by atoms with Crippen LogP contribution < -0.4 is 10.6 Å². The summed E-state index contributed by atoms with van der Waals surface area (Å²) in [6.45, 7) is 1.93. The van der Waals surface area contributed by atoms with Gasteiger partial charge in [-0.15, -0.1) is 0 Å². The molecule has 2 atom stereocenters. The van der Waals surface area contributed by atoms with Crippen LogP contribution in [0.25, 0.3) is 0 Å². The summed E-state index contributed by atoms with van der Waals surface area (Å²) in [5.41, 5.74) is 1.81. The fourth-order valence-corrected chi connectivity index (χ4v) is 3.36. The van der Waals surface area contributed by atoms with E-state index >= 15 is 0 Å². The Kier molecular flexibility index (Phi) is 9.94. The zero-order chi connectivity index (χ0) is 25.1. The van der Waals surface area contributed by atoms with Gasteiger partial charge in [-0.3, -0.25) is 24.0 Å². The summed E-state index contributed by atoms with van der Waals surface area (Å²) in [6.07, 6.45) is -0.720. The predicted molar refractivity (Wildman–Crippen MR) is 123 cm³/mol. The Balaban J connectivity index is 2.03. The third-order valence-corrected chi connectivity index (χ3v) is 5.05. The van der Waals surface area contributed by atoms with Gasteiger partial charge in [-0.05, 0) is 18.1 Å². The molecule has 2 rings (SSSR count). The van der Waals surface area contributed by atoms with Crippen LogP contribution in [0.5, 0.6) is 0 Å². The van der Waals surface area contributed by atoms with E-state index in [1.54, 1.807) is 0 Å². The molecule has 0 fully saturated rings. The highest BCUT2D eigenvalue weighted by molar-refractivity contribution is 5.95. The molecule has 2 aromatic carbocycles. The number of Topliss-reactive ketones (excluding diaryl/α,β-unsaturated/α-hetero) is 1. The third-order valence-electron chi connectivity index (χ3n) is 5.05. The Bertz CT molecular complexity index is 969. The smallest absolute Gasteiger partial charge is 0.307 e. The average Bonchev–Trinajstić information content (AvgIpc) is 2.80. The first-order valence-electron chi connectivity index (χ1n) is 10.7. The van der Waals surface area contributed by atoms with Gasteiger partial charge in [0, 0.05) is 12.8 Å². The van der Waals surface area contributed by atoms with Gasteiger partial charge in [-0.1, -0.05) is 60.7 Å². The van der Waals surface area contributed by atoms with Gasteiger partial charge >= 0.3 is 11.9 Å². The first-order chi connectivity index (χ1) is 16.2. The van der Waals surface area contributed by atoms with Crippen molar-refractivity contribution in [2.24, 2.45) is 0 Å². The number of aliphatic carboxylic acids is 1. The number of benzene rings is 2. The molecule has 9 heteroatoms. The molecule has 180 valence electrons. The number of carboxylic acids is 1. The number of carbonyl (C=O) groups is 5. The summed E-state index contributed by atoms with van der Waals surface area (Å²) < 4.78 is 5.14. The number of hydrogen-bond acceptors (Lipinski definition) is 6. The molecule has 9 nitrogen and oxygen atoms in total.